The van der Waals surface area contributed by atoms with Crippen molar-refractivity contribution in [2.75, 3.05) is 19.1 Å². The molecular weight excluding hydrogens is 380 g/mol. The summed E-state index contributed by atoms with van der Waals surface area (Å²) in [5, 5.41) is 2.32. The van der Waals surface area contributed by atoms with Crippen molar-refractivity contribution in [3.8, 4) is 11.5 Å². The Hall–Kier alpha value is -1.41. The molecule has 2 rings (SSSR count). The molecule has 0 aliphatic carbocycles. The second-order valence-corrected chi connectivity index (χ2v) is 8.41. The Morgan fingerprint density at radius 3 is 1.83 bits per heavy atom. The fraction of sp³-hybridized carbons (Fsp3) is 0.615. The zero-order valence-corrected chi connectivity index (χ0v) is 19.2. The molecule has 0 atom stereocenters. The summed E-state index contributed by atoms with van der Waals surface area (Å²) in [5.74, 6) is 2.73. The lowest BCUT2D eigenvalue weighted by Gasteiger charge is -2.14. The van der Waals surface area contributed by atoms with Crippen LogP contribution >= 0.6 is 11.6 Å². The number of benzene rings is 2. The Labute approximate surface area is 182 Å². The van der Waals surface area contributed by atoms with Crippen LogP contribution in [-0.4, -0.2) is 19.1 Å². The van der Waals surface area contributed by atoms with Gasteiger partial charge in [-0.3, -0.25) is 0 Å². The SMILES string of the molecule is CCCCCCCOc1ccc(OCCCCCCCCCl)c2cc(C)ccc12. The Bertz CT molecular complexity index is 698. The molecular formula is C26H39ClO2. The molecule has 0 heterocycles. The molecule has 2 aromatic carbocycles. The van der Waals surface area contributed by atoms with Crippen molar-refractivity contribution in [3.63, 3.8) is 0 Å². The molecule has 0 saturated heterocycles. The lowest BCUT2D eigenvalue weighted by atomic mass is 10.1. The number of ether oxygens (including phenoxy) is 2. The third kappa shape index (κ3) is 8.86. The summed E-state index contributed by atoms with van der Waals surface area (Å²) in [5.41, 5.74) is 1.25. The van der Waals surface area contributed by atoms with Gasteiger partial charge in [-0.25, -0.2) is 0 Å². The topological polar surface area (TPSA) is 18.5 Å². The molecule has 0 radical (unpaired) electrons. The molecule has 0 bridgehead atoms. The van der Waals surface area contributed by atoms with Crippen molar-refractivity contribution in [1.29, 1.82) is 0 Å². The quantitative estimate of drug-likeness (QED) is 0.201. The van der Waals surface area contributed by atoms with Gasteiger partial charge < -0.3 is 9.47 Å². The van der Waals surface area contributed by atoms with E-state index in [1.807, 2.05) is 0 Å². The van der Waals surface area contributed by atoms with Gasteiger partial charge in [0.05, 0.1) is 13.2 Å². The van der Waals surface area contributed by atoms with E-state index in [1.54, 1.807) is 0 Å². The molecule has 0 aromatic heterocycles. The zero-order valence-electron chi connectivity index (χ0n) is 18.5. The summed E-state index contributed by atoms with van der Waals surface area (Å²) in [4.78, 5) is 0. The van der Waals surface area contributed by atoms with Crippen molar-refractivity contribution in [2.24, 2.45) is 0 Å². The van der Waals surface area contributed by atoms with E-state index in [0.717, 1.165) is 60.6 Å². The van der Waals surface area contributed by atoms with Gasteiger partial charge >= 0.3 is 0 Å². The average molecular weight is 419 g/mol. The first-order valence-electron chi connectivity index (χ1n) is 11.6. The number of hydrogen-bond acceptors (Lipinski definition) is 2. The Morgan fingerprint density at radius 1 is 0.655 bits per heavy atom. The molecule has 2 nitrogen and oxygen atoms in total. The van der Waals surface area contributed by atoms with E-state index in [-0.39, 0.29) is 0 Å². The monoisotopic (exact) mass is 418 g/mol. The van der Waals surface area contributed by atoms with Gasteiger partial charge in [-0.1, -0.05) is 76.0 Å². The van der Waals surface area contributed by atoms with E-state index in [0.29, 0.717) is 0 Å². The summed E-state index contributed by atoms with van der Waals surface area (Å²) in [6, 6.07) is 10.7. The first kappa shape index (κ1) is 23.9. The van der Waals surface area contributed by atoms with E-state index < -0.39 is 0 Å². The van der Waals surface area contributed by atoms with Gasteiger partial charge in [0, 0.05) is 16.7 Å². The van der Waals surface area contributed by atoms with Gasteiger partial charge in [0.15, 0.2) is 0 Å². The largest absolute Gasteiger partial charge is 0.493 e. The number of aryl methyl sites for hydroxylation is 1. The average Bonchev–Trinajstić information content (AvgIpc) is 2.73. The van der Waals surface area contributed by atoms with E-state index in [2.05, 4.69) is 44.2 Å². The van der Waals surface area contributed by atoms with E-state index in [9.17, 15) is 0 Å². The van der Waals surface area contributed by atoms with Crippen LogP contribution in [0.15, 0.2) is 30.3 Å². The van der Waals surface area contributed by atoms with Gasteiger partial charge in [0.25, 0.3) is 0 Å². The predicted molar refractivity (Wildman–Crippen MR) is 127 cm³/mol. The summed E-state index contributed by atoms with van der Waals surface area (Å²) in [7, 11) is 0. The predicted octanol–water partition coefficient (Wildman–Crippen LogP) is 8.46. The third-order valence-corrected chi connectivity index (χ3v) is 5.65. The van der Waals surface area contributed by atoms with Gasteiger partial charge in [-0.15, -0.1) is 11.6 Å². The van der Waals surface area contributed by atoms with Crippen LogP contribution in [0.5, 0.6) is 11.5 Å². The fourth-order valence-electron chi connectivity index (χ4n) is 3.63. The molecule has 0 fully saturated rings. The number of unbranched alkanes of at least 4 members (excludes halogenated alkanes) is 9. The smallest absolute Gasteiger partial charge is 0.127 e. The number of halogens is 1. The highest BCUT2D eigenvalue weighted by atomic mass is 35.5. The minimum absolute atomic E-state index is 0.774. The molecule has 29 heavy (non-hydrogen) atoms. The Balaban J connectivity index is 1.87. The second kappa shape index (κ2) is 14.6. The van der Waals surface area contributed by atoms with E-state index in [1.165, 1.54) is 56.9 Å². The van der Waals surface area contributed by atoms with Gasteiger partial charge in [0.1, 0.15) is 11.5 Å². The Morgan fingerprint density at radius 2 is 1.21 bits per heavy atom. The zero-order chi connectivity index (χ0) is 20.7. The third-order valence-electron chi connectivity index (χ3n) is 5.38. The van der Waals surface area contributed by atoms with Crippen molar-refractivity contribution in [1.82, 2.24) is 0 Å². The normalized spacial score (nSPS) is 11.1. The summed E-state index contributed by atoms with van der Waals surface area (Å²) in [6.07, 6.45) is 13.5. The first-order chi connectivity index (χ1) is 14.3. The highest BCUT2D eigenvalue weighted by Crippen LogP contribution is 2.34. The van der Waals surface area contributed by atoms with Crippen LogP contribution in [0.25, 0.3) is 10.8 Å². The lowest BCUT2D eigenvalue weighted by Crippen LogP contribution is -2.01. The highest BCUT2D eigenvalue weighted by Gasteiger charge is 2.09. The van der Waals surface area contributed by atoms with Crippen LogP contribution in [0.1, 0.15) is 83.1 Å². The van der Waals surface area contributed by atoms with Gasteiger partial charge in [-0.05, 0) is 44.4 Å². The van der Waals surface area contributed by atoms with Crippen LogP contribution in [0, 0.1) is 6.92 Å². The van der Waals surface area contributed by atoms with Crippen LogP contribution < -0.4 is 9.47 Å². The number of fused-ring (bicyclic) bond motifs is 1. The number of alkyl halides is 1. The highest BCUT2D eigenvalue weighted by molar-refractivity contribution is 6.17. The molecule has 0 unspecified atom stereocenters. The van der Waals surface area contributed by atoms with Crippen molar-refractivity contribution < 1.29 is 9.47 Å². The van der Waals surface area contributed by atoms with Crippen LogP contribution in [-0.2, 0) is 0 Å². The Kier molecular flexibility index (Phi) is 12.0. The molecule has 0 amide bonds. The second-order valence-electron chi connectivity index (χ2n) is 8.03. The molecule has 162 valence electrons. The van der Waals surface area contributed by atoms with Gasteiger partial charge in [0.2, 0.25) is 0 Å². The molecule has 0 aliphatic heterocycles. The van der Waals surface area contributed by atoms with Crippen LogP contribution in [0.2, 0.25) is 0 Å². The van der Waals surface area contributed by atoms with Crippen molar-refractivity contribution in [2.45, 2.75) is 84.5 Å². The van der Waals surface area contributed by atoms with Gasteiger partial charge in [-0.2, -0.15) is 0 Å². The molecule has 2 aromatic rings. The molecule has 0 aliphatic rings. The summed E-state index contributed by atoms with van der Waals surface area (Å²) in [6.45, 7) is 5.94. The van der Waals surface area contributed by atoms with Crippen molar-refractivity contribution >= 4 is 22.4 Å². The number of hydrogen-bond donors (Lipinski definition) is 0. The van der Waals surface area contributed by atoms with Crippen LogP contribution in [0.4, 0.5) is 0 Å². The molecule has 3 heteroatoms. The van der Waals surface area contributed by atoms with Crippen LogP contribution in [0.3, 0.4) is 0 Å². The first-order valence-corrected chi connectivity index (χ1v) is 12.1. The molecule has 0 N–H and O–H groups in total. The molecule has 0 saturated carbocycles. The summed E-state index contributed by atoms with van der Waals surface area (Å²) >= 11 is 5.73. The fourth-order valence-corrected chi connectivity index (χ4v) is 3.82. The maximum absolute atomic E-state index is 6.15. The minimum Gasteiger partial charge on any atom is -0.493 e. The molecule has 0 spiro atoms. The van der Waals surface area contributed by atoms with Crippen molar-refractivity contribution in [3.05, 3.63) is 35.9 Å². The minimum atomic E-state index is 0.774. The standard InChI is InChI=1S/C26H39ClO2/c1-3-4-5-9-12-19-28-25-16-17-26(24-21-22(2)14-15-23(24)25)29-20-13-10-7-6-8-11-18-27/h14-17,21H,3-13,18-20H2,1-2H3. The maximum Gasteiger partial charge on any atom is 0.127 e. The maximum atomic E-state index is 6.15. The lowest BCUT2D eigenvalue weighted by molar-refractivity contribution is 0.301. The summed E-state index contributed by atoms with van der Waals surface area (Å²) < 4.78 is 12.3. The van der Waals surface area contributed by atoms with E-state index >= 15 is 0 Å². The number of rotatable bonds is 16. The van der Waals surface area contributed by atoms with E-state index in [4.69, 9.17) is 21.1 Å².